The van der Waals surface area contributed by atoms with E-state index in [9.17, 15) is 9.18 Å². The second kappa shape index (κ2) is 6.64. The summed E-state index contributed by atoms with van der Waals surface area (Å²) in [4.78, 5) is 23.9. The van der Waals surface area contributed by atoms with Crippen LogP contribution in [0.3, 0.4) is 0 Å². The Morgan fingerprint density at radius 1 is 1.26 bits per heavy atom. The van der Waals surface area contributed by atoms with E-state index in [2.05, 4.69) is 34.1 Å². The number of fused-ring (bicyclic) bond motifs is 1. The van der Waals surface area contributed by atoms with E-state index >= 15 is 0 Å². The van der Waals surface area contributed by atoms with Crippen LogP contribution < -0.4 is 15.4 Å². The Balaban J connectivity index is 1.42. The molecule has 0 unspecified atom stereocenters. The second-order valence-corrected chi connectivity index (χ2v) is 7.72. The first-order chi connectivity index (χ1) is 13.2. The molecular formula is C20H23FN4O2. The fourth-order valence-corrected chi connectivity index (χ4v) is 4.48. The lowest BCUT2D eigenvalue weighted by Crippen LogP contribution is -2.42. The Morgan fingerprint density at radius 2 is 2.11 bits per heavy atom. The molecule has 3 heterocycles. The van der Waals surface area contributed by atoms with Crippen molar-refractivity contribution in [3.63, 3.8) is 0 Å². The molecule has 0 spiro atoms. The largest absolute Gasteiger partial charge is 0.349 e. The summed E-state index contributed by atoms with van der Waals surface area (Å²) < 4.78 is 18.6. The van der Waals surface area contributed by atoms with Crippen LogP contribution in [0, 0.1) is 11.8 Å². The lowest BCUT2D eigenvalue weighted by atomic mass is 10.0. The number of nitrogens with zero attached hydrogens (tertiary/aromatic N) is 3. The van der Waals surface area contributed by atoms with Crippen LogP contribution in [-0.4, -0.2) is 48.6 Å². The van der Waals surface area contributed by atoms with Gasteiger partial charge in [0.1, 0.15) is 5.82 Å². The van der Waals surface area contributed by atoms with Gasteiger partial charge in [-0.15, -0.1) is 0 Å². The van der Waals surface area contributed by atoms with Crippen LogP contribution in [0.2, 0.25) is 0 Å². The van der Waals surface area contributed by atoms with Crippen molar-refractivity contribution in [2.45, 2.75) is 25.2 Å². The number of morpholine rings is 1. The summed E-state index contributed by atoms with van der Waals surface area (Å²) in [7, 11) is 0. The molecule has 2 aliphatic heterocycles. The van der Waals surface area contributed by atoms with Gasteiger partial charge >= 0.3 is 0 Å². The number of nitrogens with one attached hydrogen (secondary N) is 1. The summed E-state index contributed by atoms with van der Waals surface area (Å²) in [5.41, 5.74) is 1.10. The molecule has 1 saturated carbocycles. The highest BCUT2D eigenvalue weighted by atomic mass is 19.1. The van der Waals surface area contributed by atoms with E-state index in [0.717, 1.165) is 13.0 Å². The summed E-state index contributed by atoms with van der Waals surface area (Å²) in [5.74, 6) is 2.48. The van der Waals surface area contributed by atoms with Crippen molar-refractivity contribution in [2.24, 2.45) is 11.8 Å². The Bertz CT molecular complexity index is 874. The lowest BCUT2D eigenvalue weighted by molar-refractivity contribution is -0.0467. The number of ether oxygens (including phenoxy) is 1. The molecule has 1 aromatic heterocycles. The molecule has 5 rings (SSSR count). The van der Waals surface area contributed by atoms with E-state index in [1.165, 1.54) is 18.1 Å². The highest BCUT2D eigenvalue weighted by Gasteiger charge is 2.52. The van der Waals surface area contributed by atoms with Crippen molar-refractivity contribution in [1.82, 2.24) is 9.97 Å². The molecule has 1 aliphatic carbocycles. The topological polar surface area (TPSA) is 61.5 Å². The number of hydrogen-bond acceptors (Lipinski definition) is 5. The maximum absolute atomic E-state index is 13.6. The van der Waals surface area contributed by atoms with E-state index in [4.69, 9.17) is 9.72 Å². The molecule has 4 atom stereocenters. The number of benzene rings is 1. The zero-order valence-electron chi connectivity index (χ0n) is 15.1. The fraction of sp³-hybridized carbons (Fsp3) is 0.500. The molecule has 7 heteroatoms. The van der Waals surface area contributed by atoms with Crippen LogP contribution in [-0.2, 0) is 11.2 Å². The molecule has 0 bridgehead atoms. The molecule has 1 N–H and O–H groups in total. The van der Waals surface area contributed by atoms with Gasteiger partial charge in [0.25, 0.3) is 5.56 Å². The van der Waals surface area contributed by atoms with Gasteiger partial charge in [0.2, 0.25) is 12.3 Å². The minimum Gasteiger partial charge on any atom is -0.349 e. The van der Waals surface area contributed by atoms with Crippen LogP contribution in [0.1, 0.15) is 12.0 Å². The Labute approximate surface area is 157 Å². The average Bonchev–Trinajstić information content (AvgIpc) is 3.36. The second-order valence-electron chi connectivity index (χ2n) is 7.72. The molecule has 3 fully saturated rings. The molecule has 27 heavy (non-hydrogen) atoms. The molecule has 3 aliphatic rings. The molecule has 0 radical (unpaired) electrons. The third kappa shape index (κ3) is 3.32. The van der Waals surface area contributed by atoms with Crippen molar-refractivity contribution < 1.29 is 9.13 Å². The summed E-state index contributed by atoms with van der Waals surface area (Å²) >= 11 is 0. The summed E-state index contributed by atoms with van der Waals surface area (Å²) in [6.45, 7) is 1.86. The van der Waals surface area contributed by atoms with Crippen LogP contribution >= 0.6 is 0 Å². The highest BCUT2D eigenvalue weighted by molar-refractivity contribution is 5.47. The molecule has 1 aromatic carbocycles. The van der Waals surface area contributed by atoms with E-state index in [0.29, 0.717) is 42.8 Å². The monoisotopic (exact) mass is 370 g/mol. The highest BCUT2D eigenvalue weighted by Crippen LogP contribution is 2.51. The van der Waals surface area contributed by atoms with Gasteiger partial charge in [-0.2, -0.15) is 4.98 Å². The summed E-state index contributed by atoms with van der Waals surface area (Å²) in [6.07, 6.45) is 0.860. The Hall–Kier alpha value is -2.41. The van der Waals surface area contributed by atoms with Gasteiger partial charge in [-0.1, -0.05) is 30.3 Å². The van der Waals surface area contributed by atoms with Gasteiger partial charge in [0.15, 0.2) is 0 Å². The first-order valence-electron chi connectivity index (χ1n) is 9.60. The predicted octanol–water partition coefficient (Wildman–Crippen LogP) is 1.97. The quantitative estimate of drug-likeness (QED) is 0.892. The van der Waals surface area contributed by atoms with Gasteiger partial charge in [-0.05, 0) is 30.2 Å². The van der Waals surface area contributed by atoms with Crippen molar-refractivity contribution in [3.05, 3.63) is 52.3 Å². The SMILES string of the molecule is O=c1cc(N2CCO[C@H](F)C2)nc(N2C[C@H]3C[C@H]3[C@H]2Cc2ccccc2)[nH]1. The first-order valence-corrected chi connectivity index (χ1v) is 9.60. The zero-order chi connectivity index (χ0) is 18.4. The van der Waals surface area contributed by atoms with Gasteiger partial charge < -0.3 is 14.5 Å². The van der Waals surface area contributed by atoms with Gasteiger partial charge in [0, 0.05) is 25.2 Å². The first kappa shape index (κ1) is 16.7. The number of rotatable bonds is 4. The van der Waals surface area contributed by atoms with Crippen molar-refractivity contribution in [2.75, 3.05) is 36.0 Å². The predicted molar refractivity (Wildman–Crippen MR) is 101 cm³/mol. The number of hydrogen-bond donors (Lipinski definition) is 1. The molecule has 2 aromatic rings. The lowest BCUT2D eigenvalue weighted by Gasteiger charge is -2.32. The molecular weight excluding hydrogens is 347 g/mol. The number of H-pyrrole nitrogens is 1. The van der Waals surface area contributed by atoms with E-state index in [-0.39, 0.29) is 12.1 Å². The summed E-state index contributed by atoms with van der Waals surface area (Å²) in [6, 6.07) is 12.2. The number of anilines is 2. The van der Waals surface area contributed by atoms with Crippen molar-refractivity contribution in [1.29, 1.82) is 0 Å². The molecule has 0 amide bonds. The van der Waals surface area contributed by atoms with E-state index < -0.39 is 6.36 Å². The number of aromatic nitrogens is 2. The average molecular weight is 370 g/mol. The fourth-order valence-electron chi connectivity index (χ4n) is 4.48. The Kier molecular flexibility index (Phi) is 4.11. The number of piperidine rings is 1. The zero-order valence-corrected chi connectivity index (χ0v) is 15.1. The van der Waals surface area contributed by atoms with Gasteiger partial charge in [-0.25, -0.2) is 4.39 Å². The number of aromatic amines is 1. The maximum Gasteiger partial charge on any atom is 0.254 e. The third-order valence-corrected chi connectivity index (χ3v) is 5.93. The van der Waals surface area contributed by atoms with Crippen molar-refractivity contribution in [3.8, 4) is 0 Å². The summed E-state index contributed by atoms with van der Waals surface area (Å²) in [5, 5.41) is 0. The van der Waals surface area contributed by atoms with Crippen LogP contribution in [0.25, 0.3) is 0 Å². The molecule has 2 saturated heterocycles. The van der Waals surface area contributed by atoms with Crippen molar-refractivity contribution >= 4 is 11.8 Å². The van der Waals surface area contributed by atoms with Gasteiger partial charge in [-0.3, -0.25) is 9.78 Å². The van der Waals surface area contributed by atoms with Gasteiger partial charge in [0.05, 0.1) is 13.2 Å². The molecule has 6 nitrogen and oxygen atoms in total. The maximum atomic E-state index is 13.6. The van der Waals surface area contributed by atoms with Crippen LogP contribution in [0.5, 0.6) is 0 Å². The van der Waals surface area contributed by atoms with Crippen LogP contribution in [0.15, 0.2) is 41.2 Å². The third-order valence-electron chi connectivity index (χ3n) is 5.93. The van der Waals surface area contributed by atoms with E-state index in [1.807, 2.05) is 6.07 Å². The number of alkyl halides is 1. The minimum atomic E-state index is -1.34. The smallest absolute Gasteiger partial charge is 0.254 e. The Morgan fingerprint density at radius 3 is 2.93 bits per heavy atom. The van der Waals surface area contributed by atoms with E-state index in [1.54, 1.807) is 4.90 Å². The normalized spacial score (nSPS) is 29.7. The standard InChI is InChI=1S/C20H23FN4O2/c21-17-12-24(6-7-27-17)18-10-19(26)23-20(22-18)25-11-14-9-15(14)16(25)8-13-4-2-1-3-5-13/h1-5,10,14-17H,6-9,11-12H2,(H,22,23,26)/t14-,15-,16-,17+/m1/s1. The minimum absolute atomic E-state index is 0.106. The number of halogens is 1. The van der Waals surface area contributed by atoms with Crippen LogP contribution in [0.4, 0.5) is 16.2 Å². The molecule has 142 valence electrons.